The molecule has 1 aromatic rings. The molecule has 3 N–H and O–H groups in total. The molecule has 1 aliphatic carbocycles. The topological polar surface area (TPSA) is 91.8 Å². The van der Waals surface area contributed by atoms with Gasteiger partial charge in [0.2, 0.25) is 10.0 Å². The Morgan fingerprint density at radius 2 is 1.97 bits per heavy atom. The molecule has 1 aromatic carbocycles. The first-order valence-electron chi connectivity index (χ1n) is 10.0. The Bertz CT molecular complexity index is 735. The highest BCUT2D eigenvalue weighted by Crippen LogP contribution is 2.26. The monoisotopic (exact) mass is 538 g/mol. The van der Waals surface area contributed by atoms with Gasteiger partial charge in [-0.3, -0.25) is 4.99 Å². The van der Waals surface area contributed by atoms with Crippen LogP contribution in [0, 0.1) is 5.92 Å². The van der Waals surface area contributed by atoms with E-state index in [0.717, 1.165) is 17.4 Å². The van der Waals surface area contributed by atoms with Gasteiger partial charge in [-0.25, -0.2) is 13.1 Å². The molecule has 1 saturated carbocycles. The summed E-state index contributed by atoms with van der Waals surface area (Å²) in [6, 6.07) is 7.39. The van der Waals surface area contributed by atoms with Gasteiger partial charge in [-0.1, -0.05) is 25.5 Å². The van der Waals surface area contributed by atoms with Crippen LogP contribution in [0.3, 0.4) is 0 Å². The molecule has 2 rings (SSSR count). The number of halogens is 1. The highest BCUT2D eigenvalue weighted by molar-refractivity contribution is 14.0. The Balaban J connectivity index is 0.00000420. The summed E-state index contributed by atoms with van der Waals surface area (Å²) in [7, 11) is -0.237. The molecule has 0 aliphatic heterocycles. The van der Waals surface area contributed by atoms with Crippen molar-refractivity contribution in [2.24, 2.45) is 10.9 Å². The lowest BCUT2D eigenvalue weighted by molar-refractivity contribution is 0.204. The predicted octanol–water partition coefficient (Wildman–Crippen LogP) is 2.86. The normalized spacial score (nSPS) is 20.0. The Morgan fingerprint density at radius 3 is 2.59 bits per heavy atom. The Morgan fingerprint density at radius 1 is 1.24 bits per heavy atom. The predicted molar refractivity (Wildman–Crippen MR) is 128 cm³/mol. The first-order chi connectivity index (χ1) is 13.5. The summed E-state index contributed by atoms with van der Waals surface area (Å²) in [5.41, 5.74) is 0.882. The molecule has 0 radical (unpaired) electrons. The molecule has 0 amide bonds. The molecular weight excluding hydrogens is 503 g/mol. The summed E-state index contributed by atoms with van der Waals surface area (Å²) >= 11 is 0. The molecule has 0 bridgehead atoms. The van der Waals surface area contributed by atoms with Gasteiger partial charge in [0, 0.05) is 33.3 Å². The third-order valence-electron chi connectivity index (χ3n) is 5.26. The average molecular weight is 538 g/mol. The molecule has 0 atom stereocenters. The second-order valence-electron chi connectivity index (χ2n) is 7.23. The Hall–Kier alpha value is -0.910. The van der Waals surface area contributed by atoms with Gasteiger partial charge in [-0.05, 0) is 49.3 Å². The molecule has 1 fully saturated rings. The number of nitrogens with zero attached hydrogens (tertiary/aromatic N) is 1. The highest BCUT2D eigenvalue weighted by Gasteiger charge is 2.20. The van der Waals surface area contributed by atoms with Crippen LogP contribution in [0.1, 0.15) is 44.6 Å². The van der Waals surface area contributed by atoms with Crippen LogP contribution < -0.4 is 15.4 Å². The van der Waals surface area contributed by atoms with Crippen molar-refractivity contribution in [3.63, 3.8) is 0 Å². The zero-order chi connectivity index (χ0) is 20.4. The van der Waals surface area contributed by atoms with Crippen LogP contribution in [0.25, 0.3) is 0 Å². The fourth-order valence-electron chi connectivity index (χ4n) is 3.47. The summed E-state index contributed by atoms with van der Waals surface area (Å²) in [6.45, 7) is 3.35. The van der Waals surface area contributed by atoms with E-state index in [0.29, 0.717) is 19.2 Å². The quantitative estimate of drug-likeness (QED) is 0.195. The van der Waals surface area contributed by atoms with Crippen molar-refractivity contribution in [3.8, 4) is 0 Å². The summed E-state index contributed by atoms with van der Waals surface area (Å²) < 4.78 is 32.1. The van der Waals surface area contributed by atoms with Crippen LogP contribution in [0.2, 0.25) is 0 Å². The smallest absolute Gasteiger partial charge is 0.240 e. The van der Waals surface area contributed by atoms with Gasteiger partial charge >= 0.3 is 0 Å². The van der Waals surface area contributed by atoms with Gasteiger partial charge < -0.3 is 15.4 Å². The fourth-order valence-corrected chi connectivity index (χ4v) is 4.56. The Kier molecular flexibility index (Phi) is 12.1. The van der Waals surface area contributed by atoms with Crippen molar-refractivity contribution in [2.75, 3.05) is 27.3 Å². The van der Waals surface area contributed by atoms with Crippen LogP contribution in [-0.2, 0) is 21.3 Å². The number of methoxy groups -OCH3 is 1. The standard InChI is InChI=1S/C20H34N4O3S.HI/c1-4-16-8-10-18(11-9-16)24-20(21-2)22-15-17-6-5-7-19(14-17)28(25,26)23-12-13-27-3;/h5-7,14,16,18,23H,4,8-13,15H2,1-3H3,(H2,21,22,24);1H. The molecule has 1 aliphatic rings. The third-order valence-corrected chi connectivity index (χ3v) is 6.71. The van der Waals surface area contributed by atoms with E-state index in [4.69, 9.17) is 4.74 Å². The maximum absolute atomic E-state index is 12.3. The average Bonchev–Trinajstić information content (AvgIpc) is 2.72. The van der Waals surface area contributed by atoms with E-state index < -0.39 is 10.0 Å². The lowest BCUT2D eigenvalue weighted by atomic mass is 9.84. The first kappa shape index (κ1) is 26.1. The van der Waals surface area contributed by atoms with Crippen molar-refractivity contribution in [3.05, 3.63) is 29.8 Å². The van der Waals surface area contributed by atoms with Crippen LogP contribution in [0.5, 0.6) is 0 Å². The fraction of sp³-hybridized carbons (Fsp3) is 0.650. The lowest BCUT2D eigenvalue weighted by Gasteiger charge is -2.29. The number of benzene rings is 1. The van der Waals surface area contributed by atoms with Crippen LogP contribution >= 0.6 is 24.0 Å². The SMILES string of the molecule is CCC1CCC(NC(=NC)NCc2cccc(S(=O)(=O)NCCOC)c2)CC1.I. The van der Waals surface area contributed by atoms with Gasteiger partial charge in [0.15, 0.2) is 5.96 Å². The van der Waals surface area contributed by atoms with Crippen molar-refractivity contribution >= 4 is 40.0 Å². The van der Waals surface area contributed by atoms with Gasteiger partial charge in [0.05, 0.1) is 11.5 Å². The summed E-state index contributed by atoms with van der Waals surface area (Å²) in [5.74, 6) is 1.61. The maximum Gasteiger partial charge on any atom is 0.240 e. The van der Waals surface area contributed by atoms with Gasteiger partial charge in [0.1, 0.15) is 0 Å². The minimum absolute atomic E-state index is 0. The molecule has 166 valence electrons. The van der Waals surface area contributed by atoms with E-state index in [1.165, 1.54) is 39.2 Å². The summed E-state index contributed by atoms with van der Waals surface area (Å²) in [6.07, 6.45) is 6.13. The second kappa shape index (κ2) is 13.4. The van der Waals surface area contributed by atoms with E-state index >= 15 is 0 Å². The molecule has 0 heterocycles. The Labute approximate surface area is 192 Å². The number of guanidine groups is 1. The summed E-state index contributed by atoms with van der Waals surface area (Å²) in [5, 5.41) is 6.79. The van der Waals surface area contributed by atoms with E-state index in [-0.39, 0.29) is 35.4 Å². The molecule has 29 heavy (non-hydrogen) atoms. The molecule has 0 aromatic heterocycles. The largest absolute Gasteiger partial charge is 0.383 e. The molecule has 0 spiro atoms. The number of nitrogens with one attached hydrogen (secondary N) is 3. The molecule has 7 nitrogen and oxygen atoms in total. The van der Waals surface area contributed by atoms with Crippen LogP contribution in [0.4, 0.5) is 0 Å². The second-order valence-corrected chi connectivity index (χ2v) is 9.00. The van der Waals surface area contributed by atoms with Crippen molar-refractivity contribution in [1.29, 1.82) is 0 Å². The van der Waals surface area contributed by atoms with Crippen molar-refractivity contribution in [1.82, 2.24) is 15.4 Å². The van der Waals surface area contributed by atoms with Crippen LogP contribution in [0.15, 0.2) is 34.2 Å². The van der Waals surface area contributed by atoms with Crippen molar-refractivity contribution in [2.45, 2.75) is 56.5 Å². The van der Waals surface area contributed by atoms with Crippen LogP contribution in [-0.4, -0.2) is 47.7 Å². The van der Waals surface area contributed by atoms with E-state index in [1.54, 1.807) is 25.2 Å². The highest BCUT2D eigenvalue weighted by atomic mass is 127. The van der Waals surface area contributed by atoms with E-state index in [1.807, 2.05) is 6.07 Å². The third kappa shape index (κ3) is 8.77. The van der Waals surface area contributed by atoms with Gasteiger partial charge in [-0.15, -0.1) is 24.0 Å². The molecule has 0 unspecified atom stereocenters. The lowest BCUT2D eigenvalue weighted by Crippen LogP contribution is -2.44. The zero-order valence-corrected chi connectivity index (χ0v) is 20.8. The maximum atomic E-state index is 12.3. The van der Waals surface area contributed by atoms with Gasteiger partial charge in [0.25, 0.3) is 0 Å². The van der Waals surface area contributed by atoms with Gasteiger partial charge in [-0.2, -0.15) is 0 Å². The van der Waals surface area contributed by atoms with E-state index in [9.17, 15) is 8.42 Å². The van der Waals surface area contributed by atoms with Crippen molar-refractivity contribution < 1.29 is 13.2 Å². The minimum Gasteiger partial charge on any atom is -0.383 e. The summed E-state index contributed by atoms with van der Waals surface area (Å²) in [4.78, 5) is 4.56. The molecule has 0 saturated heterocycles. The zero-order valence-electron chi connectivity index (χ0n) is 17.6. The number of sulfonamides is 1. The number of rotatable bonds is 9. The molecule has 9 heteroatoms. The number of hydrogen-bond acceptors (Lipinski definition) is 4. The molecular formula is C20H35IN4O3S. The van der Waals surface area contributed by atoms with E-state index in [2.05, 4.69) is 27.3 Å². The number of aliphatic imine (C=N–C) groups is 1. The number of hydrogen-bond donors (Lipinski definition) is 3. The number of ether oxygens (including phenoxy) is 1. The minimum atomic E-state index is -3.53. The first-order valence-corrected chi connectivity index (χ1v) is 11.5.